The lowest BCUT2D eigenvalue weighted by Crippen LogP contribution is -2.59. The Kier molecular flexibility index (Phi) is 28.8. The summed E-state index contributed by atoms with van der Waals surface area (Å²) in [6.07, 6.45) is 0.167. The highest BCUT2D eigenvalue weighted by atomic mass is 32.2. The van der Waals surface area contributed by atoms with Crippen LogP contribution in [0.5, 0.6) is 5.75 Å². The lowest BCUT2D eigenvalue weighted by molar-refractivity contribution is -0.147. The normalized spacial score (nSPS) is 18.3. The van der Waals surface area contributed by atoms with E-state index in [9.17, 15) is 66.6 Å². The number of methoxy groups -OCH3 is 1. The van der Waals surface area contributed by atoms with Crippen molar-refractivity contribution in [3.05, 3.63) is 59.7 Å². The average Bonchev–Trinajstić information content (AvgIpc) is 1.51. The van der Waals surface area contributed by atoms with E-state index in [0.29, 0.717) is 74.8 Å². The molecule has 0 bridgehead atoms. The van der Waals surface area contributed by atoms with E-state index in [-0.39, 0.29) is 86.0 Å². The number of benzene rings is 2. The van der Waals surface area contributed by atoms with E-state index >= 15 is 0 Å². The predicted octanol–water partition coefficient (Wildman–Crippen LogP) is 2.49. The Hall–Kier alpha value is -7.27. The molecule has 2 aromatic carbocycles. The number of rotatable bonds is 35. The van der Waals surface area contributed by atoms with E-state index < -0.39 is 118 Å². The fraction of sp³-hybridized carbons (Fsp3) is 0.656. The van der Waals surface area contributed by atoms with Crippen molar-refractivity contribution in [1.29, 1.82) is 0 Å². The van der Waals surface area contributed by atoms with Crippen molar-refractivity contribution in [2.24, 2.45) is 29.6 Å². The third kappa shape index (κ3) is 21.9. The number of piperidine rings is 1. The molecule has 10 atom stereocenters. The van der Waals surface area contributed by atoms with Crippen LogP contribution < -0.4 is 36.2 Å². The summed E-state index contributed by atoms with van der Waals surface area (Å²) >= 11 is 0. The summed E-state index contributed by atoms with van der Waals surface area (Å²) in [7, 11) is 2.69. The van der Waals surface area contributed by atoms with E-state index in [1.165, 1.54) is 38.0 Å². The number of nitrogens with zero attached hydrogens (tertiary/aromatic N) is 4. The van der Waals surface area contributed by atoms with E-state index in [1.54, 1.807) is 53.2 Å². The molecule has 0 radical (unpaired) electrons. The molecule has 0 unspecified atom stereocenters. The minimum Gasteiger partial charge on any atom is -0.484 e. The van der Waals surface area contributed by atoms with Crippen LogP contribution in [0.1, 0.15) is 131 Å². The van der Waals surface area contributed by atoms with Crippen molar-refractivity contribution in [2.75, 3.05) is 59.8 Å². The molecule has 8 N–H and O–H groups in total. The fourth-order valence-electron chi connectivity index (χ4n) is 11.7. The van der Waals surface area contributed by atoms with Gasteiger partial charge in [-0.25, -0.2) is 13.9 Å². The monoisotopic (exact) mass is 1310 g/mol. The second-order valence-electron chi connectivity index (χ2n) is 25.5. The number of sulfonamides is 1. The molecule has 28 heteroatoms. The smallest absolute Gasteiger partial charge is 0.306 e. The van der Waals surface area contributed by atoms with Gasteiger partial charge in [-0.2, -0.15) is 0 Å². The van der Waals surface area contributed by atoms with Gasteiger partial charge in [-0.05, 0) is 113 Å². The molecule has 0 spiro atoms. The van der Waals surface area contributed by atoms with Crippen molar-refractivity contribution in [3.63, 3.8) is 0 Å². The number of carbonyl (C=O) groups excluding carboxylic acids is 9. The zero-order chi connectivity index (χ0) is 68.3. The maximum atomic E-state index is 14.4. The van der Waals surface area contributed by atoms with Crippen molar-refractivity contribution in [3.8, 4) is 5.75 Å². The first-order chi connectivity index (χ1) is 43.4. The number of hydroxylamine groups is 1. The number of aliphatic hydroxyl groups is 1. The topological polar surface area (TPSA) is 358 Å². The van der Waals surface area contributed by atoms with Gasteiger partial charge in [0.2, 0.25) is 51.4 Å². The maximum Gasteiger partial charge on any atom is 0.306 e. The van der Waals surface area contributed by atoms with Crippen molar-refractivity contribution in [1.82, 2.24) is 45.8 Å². The van der Waals surface area contributed by atoms with Crippen LogP contribution in [0, 0.1) is 29.6 Å². The molecule has 3 fully saturated rings. The van der Waals surface area contributed by atoms with Crippen molar-refractivity contribution in [2.45, 2.75) is 186 Å². The van der Waals surface area contributed by atoms with Gasteiger partial charge in [-0.15, -0.1) is 0 Å². The molecule has 27 nitrogen and oxygen atoms in total. The number of carboxylic acid groups (broad SMARTS) is 1. The maximum absolute atomic E-state index is 14.4. The molecule has 2 saturated heterocycles. The van der Waals surface area contributed by atoms with Gasteiger partial charge in [0.15, 0.2) is 6.61 Å². The van der Waals surface area contributed by atoms with Gasteiger partial charge in [0.05, 0.1) is 60.4 Å². The molecule has 2 heterocycles. The summed E-state index contributed by atoms with van der Waals surface area (Å²) in [6.45, 7) is 14.8. The van der Waals surface area contributed by atoms with Crippen molar-refractivity contribution < 1.29 is 80.9 Å². The summed E-state index contributed by atoms with van der Waals surface area (Å²) in [5.74, 6) is -7.39. The quantitative estimate of drug-likeness (QED) is 0.0460. The Bertz CT molecular complexity index is 2970. The zero-order valence-electron chi connectivity index (χ0n) is 55.2. The summed E-state index contributed by atoms with van der Waals surface area (Å²) in [6, 6.07) is 7.55. The van der Waals surface area contributed by atoms with Gasteiger partial charge in [-0.1, -0.05) is 79.2 Å². The molecule has 2 aromatic rings. The first-order valence-electron chi connectivity index (χ1n) is 31.8. The molecule has 1 aliphatic carbocycles. The number of carbonyl (C=O) groups is 10. The van der Waals surface area contributed by atoms with Gasteiger partial charge in [0.25, 0.3) is 11.8 Å². The lowest BCUT2D eigenvalue weighted by atomic mass is 9.89. The van der Waals surface area contributed by atoms with Crippen LogP contribution >= 0.6 is 0 Å². The molecule has 3 aliphatic rings. The highest BCUT2D eigenvalue weighted by Gasteiger charge is 2.44. The van der Waals surface area contributed by atoms with Crippen LogP contribution in [-0.2, 0) is 80.6 Å². The molecular weight excluding hydrogens is 1210 g/mol. The summed E-state index contributed by atoms with van der Waals surface area (Å²) in [4.78, 5) is 144. The van der Waals surface area contributed by atoms with Gasteiger partial charge in [0.1, 0.15) is 23.9 Å². The Morgan fingerprint density at radius 1 is 0.717 bits per heavy atom. The first kappa shape index (κ1) is 75.4. The molecule has 5 rings (SSSR count). The summed E-state index contributed by atoms with van der Waals surface area (Å²) in [5.41, 5.74) is 3.81. The van der Waals surface area contributed by atoms with E-state index in [0.717, 1.165) is 0 Å². The third-order valence-corrected chi connectivity index (χ3v) is 19.3. The van der Waals surface area contributed by atoms with Gasteiger partial charge >= 0.3 is 5.97 Å². The number of likely N-dealkylation sites (tertiary alicyclic amines) is 2. The number of nitrogens with one attached hydrogen (secondary N) is 6. The van der Waals surface area contributed by atoms with Gasteiger partial charge in [-0.3, -0.25) is 62.4 Å². The zero-order valence-corrected chi connectivity index (χ0v) is 56.0. The summed E-state index contributed by atoms with van der Waals surface area (Å²) < 4.78 is 39.7. The number of aliphatic carboxylic acids is 1. The van der Waals surface area contributed by atoms with Crippen LogP contribution in [0.3, 0.4) is 0 Å². The fourth-order valence-corrected chi connectivity index (χ4v) is 13.0. The largest absolute Gasteiger partial charge is 0.484 e. The highest BCUT2D eigenvalue weighted by Crippen LogP contribution is 2.30. The molecular formula is C64H98N10O17S. The second kappa shape index (κ2) is 35.1. The number of amides is 9. The number of hydrogen-bond donors (Lipinski definition) is 8. The standard InChI is InChI=1S/C64H98N10O17S/c1-13-39(6)57(72(11)63(84)55(37(2)3)68-62(83)56(38(4)5)71(9)10)50(89-12)34-54(78)74-30-14-15-49(74)58(79)40(7)59(80)67-48(61(82)70-92(87,88)47-24-25-47)33-42-18-22-46(23-19-42)90-36-52(76)69-91-35-43-16-20-45(21-17-43)66-60(81)41(8)65-51(75)26-27-53(77)73-31-28-44(29-32-73)64(85)86/h16-23,37-41,44,47-50,55-58,79H,13-15,24-36H2,1-12H3,(H,65,75)(H,66,81)(H,67,80)(H,68,83)(H,69,76)(H,70,82)(H,85,86)/t39-,40+,41-,48-,49-,50+,55-,56-,57-,58+/m0/s1. The minimum atomic E-state index is -4.05. The minimum absolute atomic E-state index is 0.0272. The molecule has 9 amide bonds. The second-order valence-corrected chi connectivity index (χ2v) is 27.4. The Labute approximate surface area is 540 Å². The van der Waals surface area contributed by atoms with Crippen LogP contribution in [-0.4, -0.2) is 206 Å². The van der Waals surface area contributed by atoms with Crippen LogP contribution in [0.15, 0.2) is 48.5 Å². The van der Waals surface area contributed by atoms with Crippen LogP contribution in [0.25, 0.3) is 0 Å². The van der Waals surface area contributed by atoms with Gasteiger partial charge < -0.3 is 55.7 Å². The van der Waals surface area contributed by atoms with Crippen molar-refractivity contribution >= 4 is 74.8 Å². The van der Waals surface area contributed by atoms with Gasteiger partial charge in [0, 0.05) is 58.7 Å². The SMILES string of the molecule is CC[C@H](C)[C@@H]([C@@H](CC(=O)N1CCC[C@H]1[C@H](O)[C@@H](C)C(=O)N[C@@H](Cc1ccc(OCC(=O)NOCc2ccc(NC(=O)[C@H](C)NC(=O)CCC(=O)N3CCC(C(=O)O)CC3)cc2)cc1)C(=O)NS(=O)(=O)C1CC1)OC)N(C)C(=O)[C@@H](NC(=O)[C@H](C(C)C)N(C)C)C(C)C. The van der Waals surface area contributed by atoms with Crippen LogP contribution in [0.2, 0.25) is 0 Å². The predicted molar refractivity (Wildman–Crippen MR) is 340 cm³/mol. The molecule has 92 heavy (non-hydrogen) atoms. The Morgan fingerprint density at radius 3 is 1.91 bits per heavy atom. The first-order valence-corrected chi connectivity index (χ1v) is 33.3. The molecule has 512 valence electrons. The average molecular weight is 1310 g/mol. The lowest BCUT2D eigenvalue weighted by Gasteiger charge is -2.41. The Balaban J connectivity index is 1.12. The number of ether oxygens (including phenoxy) is 2. The third-order valence-electron chi connectivity index (χ3n) is 17.5. The Morgan fingerprint density at radius 2 is 1.35 bits per heavy atom. The van der Waals surface area contributed by atoms with E-state index in [2.05, 4.69) is 31.5 Å². The highest BCUT2D eigenvalue weighted by molar-refractivity contribution is 7.90. The number of carboxylic acids is 1. The van der Waals surface area contributed by atoms with E-state index in [4.69, 9.17) is 14.3 Å². The number of hydrogen-bond acceptors (Lipinski definition) is 17. The number of aliphatic hydroxyl groups excluding tert-OH is 1. The number of likely N-dealkylation sites (N-methyl/N-ethyl adjacent to an activating group) is 2. The molecule has 2 aliphatic heterocycles. The van der Waals surface area contributed by atoms with E-state index in [1.807, 2.05) is 60.5 Å². The summed E-state index contributed by atoms with van der Waals surface area (Å²) in [5, 5.41) is 31.2. The molecule has 0 aromatic heterocycles. The number of anilines is 1. The molecule has 1 saturated carbocycles. The van der Waals surface area contributed by atoms with Crippen LogP contribution in [0.4, 0.5) is 5.69 Å².